The van der Waals surface area contributed by atoms with E-state index in [1.165, 1.54) is 11.8 Å². The average molecular weight is 254 g/mol. The molecule has 0 amide bonds. The normalized spacial score (nSPS) is 12.7. The molecule has 1 aromatic rings. The third-order valence-electron chi connectivity index (χ3n) is 2.43. The van der Waals surface area contributed by atoms with Gasteiger partial charge in [-0.15, -0.1) is 11.8 Å². The van der Waals surface area contributed by atoms with E-state index < -0.39 is 5.97 Å². The maximum absolute atomic E-state index is 10.4. The number of carbonyl (C=O) groups is 1. The second-order valence-electron chi connectivity index (χ2n) is 4.15. The molecule has 0 fully saturated rings. The summed E-state index contributed by atoms with van der Waals surface area (Å²) in [6, 6.07) is 7.88. The van der Waals surface area contributed by atoms with Crippen molar-refractivity contribution in [3.8, 4) is 0 Å². The predicted molar refractivity (Wildman–Crippen MR) is 69.4 cm³/mol. The van der Waals surface area contributed by atoms with Crippen molar-refractivity contribution in [2.24, 2.45) is 5.92 Å². The Morgan fingerprint density at radius 1 is 1.35 bits per heavy atom. The summed E-state index contributed by atoms with van der Waals surface area (Å²) >= 11 is 1.32. The van der Waals surface area contributed by atoms with Gasteiger partial charge in [-0.3, -0.25) is 4.79 Å². The second kappa shape index (κ2) is 6.67. The highest BCUT2D eigenvalue weighted by molar-refractivity contribution is 8.00. The van der Waals surface area contributed by atoms with Gasteiger partial charge in [-0.05, 0) is 23.6 Å². The first kappa shape index (κ1) is 14.1. The van der Waals surface area contributed by atoms with Crippen LogP contribution in [0, 0.1) is 5.92 Å². The van der Waals surface area contributed by atoms with E-state index in [0.29, 0.717) is 5.92 Å². The molecule has 0 aliphatic heterocycles. The molecule has 17 heavy (non-hydrogen) atoms. The largest absolute Gasteiger partial charge is 0.481 e. The van der Waals surface area contributed by atoms with E-state index in [1.807, 2.05) is 24.3 Å². The van der Waals surface area contributed by atoms with Crippen LogP contribution in [0.1, 0.15) is 25.5 Å². The molecular weight excluding hydrogens is 236 g/mol. The van der Waals surface area contributed by atoms with E-state index in [4.69, 9.17) is 9.84 Å². The maximum Gasteiger partial charge on any atom is 0.313 e. The Morgan fingerprint density at radius 2 is 1.94 bits per heavy atom. The standard InChI is InChI=1S/C13H18O3S/c1-9(2)13(16-3)10-4-6-11(7-5-10)17-8-12(14)15/h4-7,9,13H,8H2,1-3H3,(H,14,15)/t13-/m1/s1. The van der Waals surface area contributed by atoms with Gasteiger partial charge in [-0.2, -0.15) is 0 Å². The minimum Gasteiger partial charge on any atom is -0.481 e. The lowest BCUT2D eigenvalue weighted by Gasteiger charge is -2.19. The van der Waals surface area contributed by atoms with Crippen molar-refractivity contribution in [1.82, 2.24) is 0 Å². The van der Waals surface area contributed by atoms with Gasteiger partial charge in [0.15, 0.2) is 0 Å². The average Bonchev–Trinajstić information content (AvgIpc) is 2.28. The molecule has 94 valence electrons. The van der Waals surface area contributed by atoms with Crippen LogP contribution >= 0.6 is 11.8 Å². The summed E-state index contributed by atoms with van der Waals surface area (Å²) in [7, 11) is 1.71. The number of hydrogen-bond donors (Lipinski definition) is 1. The lowest BCUT2D eigenvalue weighted by Crippen LogP contribution is -2.08. The fourth-order valence-corrected chi connectivity index (χ4v) is 2.31. The van der Waals surface area contributed by atoms with Gasteiger partial charge in [0, 0.05) is 12.0 Å². The Bertz CT molecular complexity index is 359. The number of ether oxygens (including phenoxy) is 1. The Kier molecular flexibility index (Phi) is 5.51. The van der Waals surface area contributed by atoms with Gasteiger partial charge in [-0.1, -0.05) is 26.0 Å². The van der Waals surface area contributed by atoms with Crippen molar-refractivity contribution in [2.45, 2.75) is 24.8 Å². The first-order valence-electron chi connectivity index (χ1n) is 5.52. The third-order valence-corrected chi connectivity index (χ3v) is 3.43. The van der Waals surface area contributed by atoms with E-state index >= 15 is 0 Å². The zero-order valence-electron chi connectivity index (χ0n) is 10.3. The quantitative estimate of drug-likeness (QED) is 0.792. The lowest BCUT2D eigenvalue weighted by atomic mass is 9.99. The van der Waals surface area contributed by atoms with Crippen LogP contribution in [0.4, 0.5) is 0 Å². The summed E-state index contributed by atoms with van der Waals surface area (Å²) in [4.78, 5) is 11.4. The predicted octanol–water partition coefficient (Wildman–Crippen LogP) is 3.21. The van der Waals surface area contributed by atoms with Gasteiger partial charge in [-0.25, -0.2) is 0 Å². The fraction of sp³-hybridized carbons (Fsp3) is 0.462. The summed E-state index contributed by atoms with van der Waals surface area (Å²) in [6.45, 7) is 4.22. The summed E-state index contributed by atoms with van der Waals surface area (Å²) < 4.78 is 5.43. The number of rotatable bonds is 6. The van der Waals surface area contributed by atoms with Crippen molar-refractivity contribution < 1.29 is 14.6 Å². The van der Waals surface area contributed by atoms with Crippen LogP contribution in [-0.2, 0) is 9.53 Å². The molecule has 1 rings (SSSR count). The lowest BCUT2D eigenvalue weighted by molar-refractivity contribution is -0.133. The van der Waals surface area contributed by atoms with E-state index in [0.717, 1.165) is 10.5 Å². The Hall–Kier alpha value is -1.00. The minimum absolute atomic E-state index is 0.0912. The molecule has 0 radical (unpaired) electrons. The number of carboxylic acid groups (broad SMARTS) is 1. The fourth-order valence-electron chi connectivity index (χ4n) is 1.69. The van der Waals surface area contributed by atoms with Gasteiger partial charge in [0.05, 0.1) is 11.9 Å². The first-order valence-corrected chi connectivity index (χ1v) is 6.50. The van der Waals surface area contributed by atoms with Crippen molar-refractivity contribution in [2.75, 3.05) is 12.9 Å². The highest BCUT2D eigenvalue weighted by Crippen LogP contribution is 2.27. The maximum atomic E-state index is 10.4. The summed E-state index contributed by atoms with van der Waals surface area (Å²) in [5.74, 6) is -0.286. The number of carboxylic acids is 1. The molecule has 0 heterocycles. The van der Waals surface area contributed by atoms with Crippen molar-refractivity contribution in [3.63, 3.8) is 0 Å². The molecule has 0 aliphatic carbocycles. The van der Waals surface area contributed by atoms with Gasteiger partial charge < -0.3 is 9.84 Å². The smallest absolute Gasteiger partial charge is 0.313 e. The summed E-state index contributed by atoms with van der Waals surface area (Å²) in [5.41, 5.74) is 1.13. The molecule has 3 nitrogen and oxygen atoms in total. The number of methoxy groups -OCH3 is 1. The van der Waals surface area contributed by atoms with E-state index in [1.54, 1.807) is 7.11 Å². The van der Waals surface area contributed by atoms with Crippen molar-refractivity contribution in [1.29, 1.82) is 0 Å². The first-order chi connectivity index (χ1) is 8.04. The summed E-state index contributed by atoms with van der Waals surface area (Å²) in [6.07, 6.45) is 0.0912. The second-order valence-corrected chi connectivity index (χ2v) is 5.20. The molecule has 4 heteroatoms. The van der Waals surface area contributed by atoms with Gasteiger partial charge in [0.25, 0.3) is 0 Å². The molecule has 0 saturated heterocycles. The Balaban J connectivity index is 2.69. The van der Waals surface area contributed by atoms with Gasteiger partial charge in [0.1, 0.15) is 0 Å². The SMILES string of the molecule is CO[C@@H](c1ccc(SCC(=O)O)cc1)C(C)C. The zero-order valence-corrected chi connectivity index (χ0v) is 11.2. The van der Waals surface area contributed by atoms with Crippen LogP contribution in [0.15, 0.2) is 29.2 Å². The molecule has 0 spiro atoms. The summed E-state index contributed by atoms with van der Waals surface area (Å²) in [5, 5.41) is 8.59. The van der Waals surface area contributed by atoms with Crippen LogP contribution in [0.25, 0.3) is 0 Å². The number of hydrogen-bond acceptors (Lipinski definition) is 3. The topological polar surface area (TPSA) is 46.5 Å². The Labute approximate surface area is 106 Å². The molecule has 0 aliphatic rings. The van der Waals surface area contributed by atoms with Crippen molar-refractivity contribution in [3.05, 3.63) is 29.8 Å². The zero-order chi connectivity index (χ0) is 12.8. The monoisotopic (exact) mass is 254 g/mol. The van der Waals surface area contributed by atoms with E-state index in [9.17, 15) is 4.79 Å². The van der Waals surface area contributed by atoms with Crippen LogP contribution in [0.2, 0.25) is 0 Å². The molecule has 1 aromatic carbocycles. The molecule has 0 aromatic heterocycles. The number of aliphatic carboxylic acids is 1. The molecule has 1 atom stereocenters. The molecule has 1 N–H and O–H groups in total. The molecule has 0 saturated carbocycles. The van der Waals surface area contributed by atoms with Crippen LogP contribution in [0.5, 0.6) is 0 Å². The number of benzene rings is 1. The highest BCUT2D eigenvalue weighted by atomic mass is 32.2. The van der Waals surface area contributed by atoms with Crippen LogP contribution in [-0.4, -0.2) is 23.9 Å². The third kappa shape index (κ3) is 4.40. The number of thioether (sulfide) groups is 1. The molecular formula is C13H18O3S. The van der Waals surface area contributed by atoms with E-state index in [-0.39, 0.29) is 11.9 Å². The van der Waals surface area contributed by atoms with Crippen molar-refractivity contribution >= 4 is 17.7 Å². The van der Waals surface area contributed by atoms with Crippen LogP contribution in [0.3, 0.4) is 0 Å². The van der Waals surface area contributed by atoms with E-state index in [2.05, 4.69) is 13.8 Å². The molecule has 0 unspecified atom stereocenters. The van der Waals surface area contributed by atoms with Gasteiger partial charge in [0.2, 0.25) is 0 Å². The highest BCUT2D eigenvalue weighted by Gasteiger charge is 2.14. The molecule has 0 bridgehead atoms. The minimum atomic E-state index is -0.795. The Morgan fingerprint density at radius 3 is 2.35 bits per heavy atom. The van der Waals surface area contributed by atoms with Crippen LogP contribution < -0.4 is 0 Å². The van der Waals surface area contributed by atoms with Gasteiger partial charge >= 0.3 is 5.97 Å².